The molecule has 0 radical (unpaired) electrons. The third kappa shape index (κ3) is 5.31. The van der Waals surface area contributed by atoms with E-state index in [0.717, 1.165) is 37.8 Å². The van der Waals surface area contributed by atoms with Crippen molar-refractivity contribution in [1.82, 2.24) is 4.90 Å². The van der Waals surface area contributed by atoms with Crippen LogP contribution in [0.2, 0.25) is 0 Å². The van der Waals surface area contributed by atoms with E-state index in [1.165, 1.54) is 36.6 Å². The van der Waals surface area contributed by atoms with Gasteiger partial charge < -0.3 is 14.4 Å². The van der Waals surface area contributed by atoms with Gasteiger partial charge in [-0.25, -0.2) is 4.79 Å². The zero-order chi connectivity index (χ0) is 21.0. The summed E-state index contributed by atoms with van der Waals surface area (Å²) >= 11 is 0. The Morgan fingerprint density at radius 3 is 2.62 bits per heavy atom. The van der Waals surface area contributed by atoms with Crippen LogP contribution in [0.15, 0.2) is 36.1 Å². The second-order valence-electron chi connectivity index (χ2n) is 7.48. The van der Waals surface area contributed by atoms with Crippen LogP contribution in [0.25, 0.3) is 0 Å². The molecule has 0 saturated heterocycles. The first-order valence-corrected chi connectivity index (χ1v) is 9.72. The number of benzene rings is 1. The highest BCUT2D eigenvalue weighted by molar-refractivity contribution is 5.94. The fourth-order valence-electron chi connectivity index (χ4n) is 3.95. The molecule has 1 aliphatic heterocycles. The zero-order valence-electron chi connectivity index (χ0n) is 16.2. The molecule has 5 nitrogen and oxygen atoms in total. The normalized spacial score (nSPS) is 19.1. The standard InChI is InChI=1S/C21H24F3NO4/c1-28-20(27)18(10-14-6-3-2-4-7-14)25-13-17(12-19(25)26)29-16-9-5-8-15(11-16)21(22,23)24/h5,8-9,11-12,14,18H,2-4,6-7,10,13H2,1H3/t18-/m0/s1. The molecule has 158 valence electrons. The Hall–Kier alpha value is -2.51. The number of halogens is 3. The second kappa shape index (κ2) is 8.88. The molecule has 1 amide bonds. The molecule has 29 heavy (non-hydrogen) atoms. The number of ether oxygens (including phenoxy) is 2. The monoisotopic (exact) mass is 411 g/mol. The van der Waals surface area contributed by atoms with Gasteiger partial charge in [0.25, 0.3) is 5.91 Å². The molecule has 1 fully saturated rings. The first kappa shape index (κ1) is 21.2. The SMILES string of the molecule is COC(=O)[C@H](CC1CCCCC1)N1CC(Oc2cccc(C(F)(F)F)c2)=CC1=O. The van der Waals surface area contributed by atoms with E-state index in [2.05, 4.69) is 0 Å². The summed E-state index contributed by atoms with van der Waals surface area (Å²) in [5.74, 6) is -0.362. The third-order valence-electron chi connectivity index (χ3n) is 5.43. The van der Waals surface area contributed by atoms with Crippen molar-refractivity contribution < 1.29 is 32.2 Å². The Labute approximate surface area is 167 Å². The minimum atomic E-state index is -4.48. The molecule has 3 rings (SSSR count). The number of carbonyl (C=O) groups excluding carboxylic acids is 2. The Morgan fingerprint density at radius 1 is 1.24 bits per heavy atom. The van der Waals surface area contributed by atoms with Gasteiger partial charge in [-0.2, -0.15) is 13.2 Å². The van der Waals surface area contributed by atoms with E-state index in [1.54, 1.807) is 0 Å². The van der Waals surface area contributed by atoms with Gasteiger partial charge in [0.2, 0.25) is 0 Å². The van der Waals surface area contributed by atoms with E-state index in [4.69, 9.17) is 9.47 Å². The number of carbonyl (C=O) groups is 2. The van der Waals surface area contributed by atoms with Crippen molar-refractivity contribution in [3.05, 3.63) is 41.7 Å². The molecule has 1 saturated carbocycles. The summed E-state index contributed by atoms with van der Waals surface area (Å²) in [7, 11) is 1.28. The highest BCUT2D eigenvalue weighted by Gasteiger charge is 2.37. The molecule has 1 aliphatic carbocycles. The highest BCUT2D eigenvalue weighted by Crippen LogP contribution is 2.33. The maximum Gasteiger partial charge on any atom is 0.416 e. The summed E-state index contributed by atoms with van der Waals surface area (Å²) in [6.45, 7) is 0.0154. The Kier molecular flexibility index (Phi) is 6.49. The van der Waals surface area contributed by atoms with Crippen LogP contribution in [-0.2, 0) is 20.5 Å². The van der Waals surface area contributed by atoms with E-state index in [9.17, 15) is 22.8 Å². The minimum Gasteiger partial charge on any atom is -0.467 e. The third-order valence-corrected chi connectivity index (χ3v) is 5.43. The molecule has 0 aromatic heterocycles. The van der Waals surface area contributed by atoms with E-state index < -0.39 is 29.7 Å². The summed E-state index contributed by atoms with van der Waals surface area (Å²) < 4.78 is 49.0. The average Bonchev–Trinajstić information content (AvgIpc) is 3.05. The largest absolute Gasteiger partial charge is 0.467 e. The summed E-state index contributed by atoms with van der Waals surface area (Å²) in [5, 5.41) is 0. The minimum absolute atomic E-state index is 0.0115. The van der Waals surface area contributed by atoms with Crippen LogP contribution in [0, 0.1) is 5.92 Å². The van der Waals surface area contributed by atoms with Gasteiger partial charge in [0.1, 0.15) is 17.6 Å². The maximum atomic E-state index is 12.9. The van der Waals surface area contributed by atoms with Crippen LogP contribution in [0.3, 0.4) is 0 Å². The fourth-order valence-corrected chi connectivity index (χ4v) is 3.95. The molecule has 1 atom stereocenters. The number of rotatable bonds is 6. The van der Waals surface area contributed by atoms with Crippen molar-refractivity contribution in [3.8, 4) is 5.75 Å². The van der Waals surface area contributed by atoms with Crippen molar-refractivity contribution in [2.45, 2.75) is 50.7 Å². The molecule has 0 bridgehead atoms. The van der Waals surface area contributed by atoms with Gasteiger partial charge in [-0.15, -0.1) is 0 Å². The molecule has 0 unspecified atom stereocenters. The van der Waals surface area contributed by atoms with E-state index in [0.29, 0.717) is 12.3 Å². The lowest BCUT2D eigenvalue weighted by Gasteiger charge is -2.30. The molecule has 0 N–H and O–H groups in total. The Bertz CT molecular complexity index is 784. The summed E-state index contributed by atoms with van der Waals surface area (Å²) in [6, 6.07) is 3.74. The van der Waals surface area contributed by atoms with Crippen LogP contribution in [0.1, 0.15) is 44.1 Å². The Morgan fingerprint density at radius 2 is 1.97 bits per heavy atom. The lowest BCUT2D eigenvalue weighted by Crippen LogP contribution is -2.44. The van der Waals surface area contributed by atoms with Crippen molar-refractivity contribution >= 4 is 11.9 Å². The van der Waals surface area contributed by atoms with Gasteiger partial charge in [0.15, 0.2) is 0 Å². The number of nitrogens with zero attached hydrogens (tertiary/aromatic N) is 1. The fraction of sp³-hybridized carbons (Fsp3) is 0.524. The molecule has 2 aliphatic rings. The average molecular weight is 411 g/mol. The molecular weight excluding hydrogens is 387 g/mol. The Balaban J connectivity index is 1.69. The molecule has 1 aromatic rings. The second-order valence-corrected chi connectivity index (χ2v) is 7.48. The van der Waals surface area contributed by atoms with Crippen molar-refractivity contribution in [2.24, 2.45) is 5.92 Å². The quantitative estimate of drug-likeness (QED) is 0.654. The summed E-state index contributed by atoms with van der Waals surface area (Å²) in [6.07, 6.45) is 2.66. The van der Waals surface area contributed by atoms with Gasteiger partial charge >= 0.3 is 12.1 Å². The van der Waals surface area contributed by atoms with Crippen LogP contribution in [0.5, 0.6) is 5.75 Å². The molecule has 0 spiro atoms. The highest BCUT2D eigenvalue weighted by atomic mass is 19.4. The van der Waals surface area contributed by atoms with Gasteiger partial charge in [-0.1, -0.05) is 38.2 Å². The van der Waals surface area contributed by atoms with E-state index in [1.807, 2.05) is 0 Å². The molecule has 8 heteroatoms. The van der Waals surface area contributed by atoms with Crippen molar-refractivity contribution in [2.75, 3.05) is 13.7 Å². The first-order valence-electron chi connectivity index (χ1n) is 9.72. The summed E-state index contributed by atoms with van der Waals surface area (Å²) in [4.78, 5) is 26.2. The van der Waals surface area contributed by atoms with Gasteiger partial charge in [-0.05, 0) is 30.5 Å². The number of alkyl halides is 3. The van der Waals surface area contributed by atoms with Gasteiger partial charge in [0, 0.05) is 6.08 Å². The lowest BCUT2D eigenvalue weighted by atomic mass is 9.84. The molecular formula is C21H24F3NO4. The number of esters is 1. The molecule has 1 aromatic carbocycles. The number of methoxy groups -OCH3 is 1. The summed E-state index contributed by atoms with van der Waals surface area (Å²) in [5.41, 5.74) is -0.832. The lowest BCUT2D eigenvalue weighted by molar-refractivity contribution is -0.151. The maximum absolute atomic E-state index is 12.9. The van der Waals surface area contributed by atoms with Crippen molar-refractivity contribution in [3.63, 3.8) is 0 Å². The predicted octanol–water partition coefficient (Wildman–Crippen LogP) is 4.32. The topological polar surface area (TPSA) is 55.8 Å². The van der Waals surface area contributed by atoms with E-state index in [-0.39, 0.29) is 18.1 Å². The van der Waals surface area contributed by atoms with Gasteiger partial charge in [0.05, 0.1) is 19.2 Å². The van der Waals surface area contributed by atoms with Crippen LogP contribution in [-0.4, -0.2) is 36.5 Å². The van der Waals surface area contributed by atoms with Gasteiger partial charge in [-0.3, -0.25) is 4.79 Å². The predicted molar refractivity (Wildman–Crippen MR) is 98.9 cm³/mol. The first-order chi connectivity index (χ1) is 13.8. The number of hydrogen-bond acceptors (Lipinski definition) is 4. The van der Waals surface area contributed by atoms with Crippen molar-refractivity contribution in [1.29, 1.82) is 0 Å². The molecule has 1 heterocycles. The zero-order valence-corrected chi connectivity index (χ0v) is 16.2. The number of hydrogen-bond donors (Lipinski definition) is 0. The van der Waals surface area contributed by atoms with Crippen LogP contribution < -0.4 is 4.74 Å². The smallest absolute Gasteiger partial charge is 0.416 e. The number of amides is 1. The van der Waals surface area contributed by atoms with Crippen LogP contribution >= 0.6 is 0 Å². The van der Waals surface area contributed by atoms with Crippen LogP contribution in [0.4, 0.5) is 13.2 Å². The van der Waals surface area contributed by atoms with E-state index >= 15 is 0 Å².